The minimum atomic E-state index is -4.57. The van der Waals surface area contributed by atoms with Crippen LogP contribution < -0.4 is 11.1 Å². The topological polar surface area (TPSA) is 117 Å². The zero-order chi connectivity index (χ0) is 23.8. The molecule has 0 saturated carbocycles. The molecule has 8 nitrogen and oxygen atoms in total. The number of alkyl halides is 3. The molecule has 0 aliphatic carbocycles. The van der Waals surface area contributed by atoms with E-state index in [0.29, 0.717) is 36.6 Å². The van der Waals surface area contributed by atoms with E-state index in [4.69, 9.17) is 5.73 Å². The van der Waals surface area contributed by atoms with Gasteiger partial charge in [-0.15, -0.1) is 11.3 Å². The molecule has 4 N–H and O–H groups in total. The van der Waals surface area contributed by atoms with Crippen LogP contribution in [0.1, 0.15) is 29.1 Å². The molecule has 2 amide bonds. The van der Waals surface area contributed by atoms with Crippen molar-refractivity contribution in [3.8, 4) is 10.4 Å². The Bertz CT molecular complexity index is 1170. The smallest absolute Gasteiger partial charge is 0.383 e. The van der Waals surface area contributed by atoms with Crippen LogP contribution in [0.2, 0.25) is 0 Å². The van der Waals surface area contributed by atoms with Gasteiger partial charge in [-0.25, -0.2) is 19.7 Å². The number of hydrogen-bond donors (Lipinski definition) is 3. The number of anilines is 2. The van der Waals surface area contributed by atoms with Gasteiger partial charge in [0.2, 0.25) is 5.95 Å². The highest BCUT2D eigenvalue weighted by Crippen LogP contribution is 2.39. The summed E-state index contributed by atoms with van der Waals surface area (Å²) < 4.78 is 38.8. The van der Waals surface area contributed by atoms with Crippen molar-refractivity contribution in [1.82, 2.24) is 19.9 Å². The number of nitrogens with zero attached hydrogens (tertiary/aromatic N) is 4. The van der Waals surface area contributed by atoms with Crippen molar-refractivity contribution < 1.29 is 23.1 Å². The Hall–Kier alpha value is -3.25. The zero-order valence-electron chi connectivity index (χ0n) is 17.6. The summed E-state index contributed by atoms with van der Waals surface area (Å²) >= 11 is 1.33. The fourth-order valence-electron chi connectivity index (χ4n) is 3.64. The van der Waals surface area contributed by atoms with Crippen molar-refractivity contribution in [3.63, 3.8) is 0 Å². The third kappa shape index (κ3) is 5.06. The molecule has 1 fully saturated rings. The largest absolute Gasteiger partial charge is 0.433 e. The second-order valence-corrected chi connectivity index (χ2v) is 8.89. The Balaban J connectivity index is 1.56. The Morgan fingerprint density at radius 3 is 2.64 bits per heavy atom. The molecule has 3 heterocycles. The van der Waals surface area contributed by atoms with E-state index in [1.54, 1.807) is 18.3 Å². The minimum absolute atomic E-state index is 0.165. The van der Waals surface area contributed by atoms with Gasteiger partial charge in [0.25, 0.3) is 0 Å². The minimum Gasteiger partial charge on any atom is -0.383 e. The molecule has 0 radical (unpaired) electrons. The van der Waals surface area contributed by atoms with Crippen molar-refractivity contribution >= 4 is 29.0 Å². The lowest BCUT2D eigenvalue weighted by atomic mass is 9.92. The fraction of sp³-hybridized carbons (Fsp3) is 0.333. The SMILES string of the molecule is Cc1cc(Nc2nccc(C(F)(F)F)n2)cc(-c2cnc(C3(O)CCN(C(N)=O)CC3)s2)c1. The van der Waals surface area contributed by atoms with E-state index in [9.17, 15) is 23.1 Å². The molecule has 1 aliphatic heterocycles. The highest BCUT2D eigenvalue weighted by Gasteiger charge is 2.37. The van der Waals surface area contributed by atoms with Crippen molar-refractivity contribution in [1.29, 1.82) is 0 Å². The molecule has 4 rings (SSSR count). The van der Waals surface area contributed by atoms with Crippen LogP contribution in [0, 0.1) is 6.92 Å². The van der Waals surface area contributed by atoms with Gasteiger partial charge in [-0.1, -0.05) is 6.07 Å². The van der Waals surface area contributed by atoms with Crippen LogP contribution in [0.3, 0.4) is 0 Å². The Morgan fingerprint density at radius 1 is 1.24 bits per heavy atom. The van der Waals surface area contributed by atoms with Crippen LogP contribution in [-0.4, -0.2) is 44.1 Å². The number of carbonyl (C=O) groups is 1. The maximum absolute atomic E-state index is 12.9. The summed E-state index contributed by atoms with van der Waals surface area (Å²) in [5.74, 6) is -0.165. The van der Waals surface area contributed by atoms with E-state index >= 15 is 0 Å². The van der Waals surface area contributed by atoms with E-state index in [2.05, 4.69) is 20.3 Å². The van der Waals surface area contributed by atoms with Crippen LogP contribution in [0.5, 0.6) is 0 Å². The summed E-state index contributed by atoms with van der Waals surface area (Å²) in [5, 5.41) is 14.4. The van der Waals surface area contributed by atoms with Gasteiger partial charge in [0.1, 0.15) is 16.3 Å². The fourth-order valence-corrected chi connectivity index (χ4v) is 4.69. The summed E-state index contributed by atoms with van der Waals surface area (Å²) in [6.07, 6.45) is -1.21. The molecule has 0 bridgehead atoms. The normalized spacial score (nSPS) is 16.0. The van der Waals surface area contributed by atoms with E-state index in [-0.39, 0.29) is 5.95 Å². The molecule has 1 aromatic carbocycles. The number of nitrogens with two attached hydrogens (primary N) is 1. The van der Waals surface area contributed by atoms with Gasteiger partial charge in [0, 0.05) is 44.0 Å². The van der Waals surface area contributed by atoms with Crippen LogP contribution in [0.4, 0.5) is 29.6 Å². The summed E-state index contributed by atoms with van der Waals surface area (Å²) in [6.45, 7) is 2.54. The van der Waals surface area contributed by atoms with Gasteiger partial charge in [-0.3, -0.25) is 0 Å². The number of piperidine rings is 1. The Kier molecular flexibility index (Phi) is 5.97. The van der Waals surface area contributed by atoms with Gasteiger partial charge in [-0.05, 0) is 36.2 Å². The van der Waals surface area contributed by atoms with Crippen molar-refractivity contribution in [2.45, 2.75) is 31.5 Å². The van der Waals surface area contributed by atoms with E-state index < -0.39 is 23.5 Å². The lowest BCUT2D eigenvalue weighted by Crippen LogP contribution is -2.47. The number of benzene rings is 1. The van der Waals surface area contributed by atoms with Crippen LogP contribution in [0.25, 0.3) is 10.4 Å². The van der Waals surface area contributed by atoms with Gasteiger partial charge in [0.15, 0.2) is 0 Å². The first-order valence-electron chi connectivity index (χ1n) is 10.1. The monoisotopic (exact) mass is 478 g/mol. The lowest BCUT2D eigenvalue weighted by Gasteiger charge is -2.36. The quantitative estimate of drug-likeness (QED) is 0.521. The number of amides is 2. The number of aliphatic hydroxyl groups is 1. The van der Waals surface area contributed by atoms with Crippen molar-refractivity contribution in [2.24, 2.45) is 5.73 Å². The van der Waals surface area contributed by atoms with Gasteiger partial charge < -0.3 is 21.1 Å². The van der Waals surface area contributed by atoms with Crippen molar-refractivity contribution in [3.05, 3.63) is 52.9 Å². The number of aryl methyl sites for hydroxylation is 1. The third-order valence-electron chi connectivity index (χ3n) is 5.37. The second-order valence-electron chi connectivity index (χ2n) is 7.86. The molecular formula is C21H21F3N6O2S. The van der Waals surface area contributed by atoms with Gasteiger partial charge in [-0.2, -0.15) is 13.2 Å². The van der Waals surface area contributed by atoms with Crippen LogP contribution >= 0.6 is 11.3 Å². The molecule has 1 saturated heterocycles. The van der Waals surface area contributed by atoms with E-state index in [1.807, 2.05) is 13.0 Å². The summed E-state index contributed by atoms with van der Waals surface area (Å²) in [7, 11) is 0. The summed E-state index contributed by atoms with van der Waals surface area (Å²) in [4.78, 5) is 25.4. The van der Waals surface area contributed by atoms with E-state index in [0.717, 1.165) is 28.3 Å². The predicted octanol–water partition coefficient (Wildman–Crippen LogP) is 4.03. The molecule has 3 aromatic rings. The number of hydrogen-bond acceptors (Lipinski definition) is 7. The number of primary amides is 1. The molecule has 33 heavy (non-hydrogen) atoms. The van der Waals surface area contributed by atoms with Crippen LogP contribution in [-0.2, 0) is 11.8 Å². The molecule has 0 spiro atoms. The lowest BCUT2D eigenvalue weighted by molar-refractivity contribution is -0.141. The molecule has 12 heteroatoms. The number of nitrogens with one attached hydrogen (secondary N) is 1. The van der Waals surface area contributed by atoms with Gasteiger partial charge >= 0.3 is 12.2 Å². The van der Waals surface area contributed by atoms with Crippen LogP contribution in [0.15, 0.2) is 36.7 Å². The first kappa shape index (κ1) is 22.9. The maximum atomic E-state index is 12.9. The first-order chi connectivity index (χ1) is 15.5. The highest BCUT2D eigenvalue weighted by molar-refractivity contribution is 7.15. The summed E-state index contributed by atoms with van der Waals surface area (Å²) in [6, 6.07) is 5.73. The number of urea groups is 1. The Labute approximate surface area is 191 Å². The molecule has 174 valence electrons. The predicted molar refractivity (Wildman–Crippen MR) is 117 cm³/mol. The number of aromatic nitrogens is 3. The molecule has 0 atom stereocenters. The van der Waals surface area contributed by atoms with Crippen molar-refractivity contribution in [2.75, 3.05) is 18.4 Å². The number of rotatable bonds is 4. The number of carbonyl (C=O) groups excluding carboxylic acids is 1. The first-order valence-corrected chi connectivity index (χ1v) is 10.9. The number of thiazole rings is 1. The molecule has 2 aromatic heterocycles. The average Bonchev–Trinajstić information content (AvgIpc) is 3.25. The summed E-state index contributed by atoms with van der Waals surface area (Å²) in [5.41, 5.74) is 5.30. The number of halogens is 3. The second kappa shape index (κ2) is 8.60. The molecule has 1 aliphatic rings. The van der Waals surface area contributed by atoms with Gasteiger partial charge in [0.05, 0.1) is 4.88 Å². The molecule has 0 unspecified atom stereocenters. The average molecular weight is 479 g/mol. The highest BCUT2D eigenvalue weighted by atomic mass is 32.1. The maximum Gasteiger partial charge on any atom is 0.433 e. The third-order valence-corrected chi connectivity index (χ3v) is 6.61. The number of likely N-dealkylation sites (tertiary alicyclic amines) is 1. The Morgan fingerprint density at radius 2 is 1.97 bits per heavy atom. The molecular weight excluding hydrogens is 457 g/mol. The van der Waals surface area contributed by atoms with E-state index in [1.165, 1.54) is 16.2 Å². The standard InChI is InChI=1S/C21H21F3N6O2S/c1-12-8-13(10-14(9-12)28-19-26-5-2-16(29-19)21(22,23)24)15-11-27-17(33-15)20(32)3-6-30(7-4-20)18(25)31/h2,5,8-11,32H,3-4,6-7H2,1H3,(H2,25,31)(H,26,28,29). The zero-order valence-corrected chi connectivity index (χ0v) is 18.4.